The van der Waals surface area contributed by atoms with Gasteiger partial charge in [0.1, 0.15) is 0 Å². The molecule has 0 spiro atoms. The van der Waals surface area contributed by atoms with Crippen molar-refractivity contribution in [3.05, 3.63) is 29.3 Å². The summed E-state index contributed by atoms with van der Waals surface area (Å²) in [7, 11) is 2.08. The summed E-state index contributed by atoms with van der Waals surface area (Å²) in [5.41, 5.74) is 2.44. The predicted molar refractivity (Wildman–Crippen MR) is 95.3 cm³/mol. The highest BCUT2D eigenvalue weighted by Crippen LogP contribution is 2.22. The minimum absolute atomic E-state index is 0.450. The van der Waals surface area contributed by atoms with Crippen molar-refractivity contribution >= 4 is 40.7 Å². The van der Waals surface area contributed by atoms with E-state index in [1.54, 1.807) is 0 Å². The Labute approximate surface area is 137 Å². The average molecular weight is 322 g/mol. The van der Waals surface area contributed by atoms with Crippen LogP contribution < -0.4 is 0 Å². The third-order valence-corrected chi connectivity index (χ3v) is 4.50. The molecule has 0 atom stereocenters. The molecule has 114 valence electrons. The highest BCUT2D eigenvalue weighted by molar-refractivity contribution is 7.82. The third-order valence-electron chi connectivity index (χ3n) is 3.77. The molecule has 0 amide bonds. The SMILES string of the molecule is CCCCCc1ccc(/C=C2/OC(=S)N(CC)C2=S)n1C. The van der Waals surface area contributed by atoms with E-state index in [9.17, 15) is 0 Å². The Balaban J connectivity index is 2.15. The molecule has 2 heterocycles. The van der Waals surface area contributed by atoms with Gasteiger partial charge in [-0.1, -0.05) is 32.0 Å². The maximum Gasteiger partial charge on any atom is 0.270 e. The van der Waals surface area contributed by atoms with Crippen molar-refractivity contribution in [3.8, 4) is 0 Å². The standard InChI is InChI=1S/C16H22N2OS2/c1-4-6-7-8-12-9-10-13(17(12)3)11-14-15(20)18(5-2)16(21)19-14/h9-11H,4-8H2,1-3H3/b14-11+. The predicted octanol–water partition coefficient (Wildman–Crippen LogP) is 4.06. The molecule has 1 saturated heterocycles. The molecular weight excluding hydrogens is 300 g/mol. The Bertz CT molecular complexity index is 575. The Morgan fingerprint density at radius 1 is 1.19 bits per heavy atom. The smallest absolute Gasteiger partial charge is 0.270 e. The summed E-state index contributed by atoms with van der Waals surface area (Å²) in [5.74, 6) is 0.679. The molecule has 0 unspecified atom stereocenters. The van der Waals surface area contributed by atoms with Crippen LogP contribution in [0.5, 0.6) is 0 Å². The van der Waals surface area contributed by atoms with Gasteiger partial charge < -0.3 is 9.30 Å². The topological polar surface area (TPSA) is 17.4 Å². The fraction of sp³-hybridized carbons (Fsp3) is 0.500. The van der Waals surface area contributed by atoms with Gasteiger partial charge in [0, 0.05) is 31.1 Å². The van der Waals surface area contributed by atoms with Crippen LogP contribution in [-0.2, 0) is 18.2 Å². The van der Waals surface area contributed by atoms with Crippen LogP contribution >= 0.6 is 24.4 Å². The van der Waals surface area contributed by atoms with E-state index in [2.05, 4.69) is 30.7 Å². The molecule has 0 saturated carbocycles. The van der Waals surface area contributed by atoms with E-state index in [0.717, 1.165) is 18.7 Å². The van der Waals surface area contributed by atoms with Gasteiger partial charge in [-0.05, 0) is 44.1 Å². The summed E-state index contributed by atoms with van der Waals surface area (Å²) < 4.78 is 7.81. The minimum Gasteiger partial charge on any atom is -0.428 e. The van der Waals surface area contributed by atoms with E-state index in [0.29, 0.717) is 15.9 Å². The van der Waals surface area contributed by atoms with Crippen LogP contribution in [0.4, 0.5) is 0 Å². The van der Waals surface area contributed by atoms with Gasteiger partial charge in [-0.15, -0.1) is 0 Å². The first-order valence-corrected chi connectivity index (χ1v) is 8.30. The molecule has 0 radical (unpaired) electrons. The van der Waals surface area contributed by atoms with Gasteiger partial charge in [0.2, 0.25) is 0 Å². The molecule has 1 aliphatic rings. The highest BCUT2D eigenvalue weighted by atomic mass is 32.1. The van der Waals surface area contributed by atoms with Gasteiger partial charge >= 0.3 is 0 Å². The molecule has 0 bridgehead atoms. The number of hydrogen-bond acceptors (Lipinski definition) is 3. The zero-order chi connectivity index (χ0) is 15.4. The Morgan fingerprint density at radius 3 is 2.57 bits per heavy atom. The van der Waals surface area contributed by atoms with Gasteiger partial charge in [-0.2, -0.15) is 0 Å². The van der Waals surface area contributed by atoms with Crippen LogP contribution in [0.25, 0.3) is 6.08 Å². The number of thiocarbonyl (C=S) groups is 2. The molecule has 0 aromatic carbocycles. The van der Waals surface area contributed by atoms with Gasteiger partial charge in [0.25, 0.3) is 5.17 Å². The molecule has 1 aliphatic heterocycles. The Kier molecular flexibility index (Phi) is 5.53. The van der Waals surface area contributed by atoms with Gasteiger partial charge in [-0.25, -0.2) is 0 Å². The number of unbranched alkanes of at least 4 members (excludes halogenated alkanes) is 2. The first-order valence-electron chi connectivity index (χ1n) is 7.48. The minimum atomic E-state index is 0.450. The van der Waals surface area contributed by atoms with Crippen molar-refractivity contribution in [2.75, 3.05) is 6.54 Å². The van der Waals surface area contributed by atoms with Crippen LogP contribution in [0.1, 0.15) is 44.5 Å². The number of aromatic nitrogens is 1. The maximum absolute atomic E-state index is 5.61. The summed E-state index contributed by atoms with van der Waals surface area (Å²) in [6, 6.07) is 4.29. The second-order valence-electron chi connectivity index (χ2n) is 5.19. The van der Waals surface area contributed by atoms with Crippen LogP contribution in [-0.4, -0.2) is 26.2 Å². The van der Waals surface area contributed by atoms with Gasteiger partial charge in [0.05, 0.1) is 0 Å². The molecule has 3 nitrogen and oxygen atoms in total. The maximum atomic E-state index is 5.61. The number of rotatable bonds is 6. The number of hydrogen-bond donors (Lipinski definition) is 0. The van der Waals surface area contributed by atoms with E-state index in [1.807, 2.05) is 17.9 Å². The number of ether oxygens (including phenoxy) is 1. The molecule has 0 aliphatic carbocycles. The Hall–Kier alpha value is -1.20. The molecule has 21 heavy (non-hydrogen) atoms. The molecule has 1 aromatic rings. The quantitative estimate of drug-likeness (QED) is 0.446. The lowest BCUT2D eigenvalue weighted by Crippen LogP contribution is -2.26. The number of nitrogens with zero attached hydrogens (tertiary/aromatic N) is 2. The largest absolute Gasteiger partial charge is 0.428 e. The molecule has 1 aromatic heterocycles. The molecule has 0 N–H and O–H groups in total. The zero-order valence-corrected chi connectivity index (χ0v) is 14.5. The van der Waals surface area contributed by atoms with Crippen molar-refractivity contribution in [2.24, 2.45) is 7.05 Å². The summed E-state index contributed by atoms with van der Waals surface area (Å²) in [4.78, 5) is 2.51. The van der Waals surface area contributed by atoms with E-state index < -0.39 is 0 Å². The highest BCUT2D eigenvalue weighted by Gasteiger charge is 2.28. The van der Waals surface area contributed by atoms with Crippen molar-refractivity contribution in [1.29, 1.82) is 0 Å². The first kappa shape index (κ1) is 16.2. The third kappa shape index (κ3) is 3.52. The van der Waals surface area contributed by atoms with Crippen molar-refractivity contribution in [1.82, 2.24) is 9.47 Å². The summed E-state index contributed by atoms with van der Waals surface area (Å²) >= 11 is 10.6. The van der Waals surface area contributed by atoms with E-state index in [-0.39, 0.29) is 0 Å². The van der Waals surface area contributed by atoms with Gasteiger partial charge in [-0.3, -0.25) is 4.90 Å². The summed E-state index contributed by atoms with van der Waals surface area (Å²) in [6.45, 7) is 4.98. The van der Waals surface area contributed by atoms with E-state index >= 15 is 0 Å². The lowest BCUT2D eigenvalue weighted by atomic mass is 10.1. The molecular formula is C16H22N2OS2. The van der Waals surface area contributed by atoms with Crippen LogP contribution in [0.2, 0.25) is 0 Å². The van der Waals surface area contributed by atoms with E-state index in [1.165, 1.54) is 25.0 Å². The number of aryl methyl sites for hydroxylation is 1. The second-order valence-corrected chi connectivity index (χ2v) is 5.93. The summed E-state index contributed by atoms with van der Waals surface area (Å²) in [6.07, 6.45) is 6.83. The van der Waals surface area contributed by atoms with E-state index in [4.69, 9.17) is 29.2 Å². The van der Waals surface area contributed by atoms with Crippen LogP contribution in [0, 0.1) is 0 Å². The lowest BCUT2D eigenvalue weighted by molar-refractivity contribution is 0.442. The monoisotopic (exact) mass is 322 g/mol. The van der Waals surface area contributed by atoms with Crippen LogP contribution in [0.15, 0.2) is 17.9 Å². The fourth-order valence-corrected chi connectivity index (χ4v) is 3.11. The van der Waals surface area contributed by atoms with Crippen LogP contribution in [0.3, 0.4) is 0 Å². The zero-order valence-electron chi connectivity index (χ0n) is 12.9. The normalized spacial score (nSPS) is 16.9. The first-order chi connectivity index (χ1) is 10.1. The molecule has 5 heteroatoms. The van der Waals surface area contributed by atoms with Crippen molar-refractivity contribution in [2.45, 2.75) is 39.5 Å². The average Bonchev–Trinajstić information content (AvgIpc) is 2.93. The van der Waals surface area contributed by atoms with Gasteiger partial charge in [0.15, 0.2) is 10.7 Å². The van der Waals surface area contributed by atoms with Crippen molar-refractivity contribution < 1.29 is 4.74 Å². The second kappa shape index (κ2) is 7.18. The van der Waals surface area contributed by atoms with Crippen molar-refractivity contribution in [3.63, 3.8) is 0 Å². The Morgan fingerprint density at radius 2 is 1.95 bits per heavy atom. The lowest BCUT2D eigenvalue weighted by Gasteiger charge is -2.09. The molecule has 1 fully saturated rings. The molecule has 2 rings (SSSR count). The summed E-state index contributed by atoms with van der Waals surface area (Å²) in [5, 5.41) is 0.450. The number of likely N-dealkylation sites (N-methyl/N-ethyl adjacent to an activating group) is 1. The fourth-order valence-electron chi connectivity index (χ4n) is 2.43.